The van der Waals surface area contributed by atoms with E-state index < -0.39 is 0 Å². The minimum absolute atomic E-state index is 0.351. The third kappa shape index (κ3) is 3.76. The predicted molar refractivity (Wildman–Crippen MR) is 85.4 cm³/mol. The number of thiocarbonyl (C=S) groups is 1. The summed E-state index contributed by atoms with van der Waals surface area (Å²) >= 11 is 4.91. The van der Waals surface area contributed by atoms with E-state index in [2.05, 4.69) is 16.4 Å². The molecule has 20 heavy (non-hydrogen) atoms. The average Bonchev–Trinajstić information content (AvgIpc) is 2.47. The molecule has 1 aromatic heterocycles. The zero-order valence-corrected chi connectivity index (χ0v) is 12.1. The monoisotopic (exact) mass is 287 g/mol. The van der Waals surface area contributed by atoms with Crippen LogP contribution in [0.3, 0.4) is 0 Å². The highest BCUT2D eigenvalue weighted by Crippen LogP contribution is 2.20. The van der Waals surface area contributed by atoms with Crippen molar-refractivity contribution in [3.05, 3.63) is 53.7 Å². The topological polar surface area (TPSA) is 60.2 Å². The molecule has 0 bridgehead atoms. The van der Waals surface area contributed by atoms with Crippen LogP contribution in [-0.4, -0.2) is 23.7 Å². The normalized spacial score (nSPS) is 10.2. The maximum atomic E-state index is 5.55. The van der Waals surface area contributed by atoms with Gasteiger partial charge in [-0.15, -0.1) is 0 Å². The predicted octanol–water partition coefficient (Wildman–Crippen LogP) is 2.65. The number of ether oxygens (including phenoxy) is 1. The van der Waals surface area contributed by atoms with E-state index in [0.717, 1.165) is 23.5 Å². The average molecular weight is 287 g/mol. The SMILES string of the molecule is COCCc1ccccc1Nc1ccc(C(N)=S)cn1. The van der Waals surface area contributed by atoms with E-state index in [1.807, 2.05) is 30.3 Å². The van der Waals surface area contributed by atoms with Gasteiger partial charge in [-0.05, 0) is 30.2 Å². The van der Waals surface area contributed by atoms with E-state index in [0.29, 0.717) is 11.6 Å². The van der Waals surface area contributed by atoms with Crippen LogP contribution in [0, 0.1) is 0 Å². The summed E-state index contributed by atoms with van der Waals surface area (Å²) in [4.78, 5) is 4.66. The third-order valence-electron chi connectivity index (χ3n) is 2.90. The number of aromatic nitrogens is 1. The van der Waals surface area contributed by atoms with Crippen LogP contribution in [0.15, 0.2) is 42.6 Å². The third-order valence-corrected chi connectivity index (χ3v) is 3.14. The van der Waals surface area contributed by atoms with Crippen LogP contribution in [0.25, 0.3) is 0 Å². The van der Waals surface area contributed by atoms with Crippen molar-refractivity contribution in [3.63, 3.8) is 0 Å². The second-order valence-electron chi connectivity index (χ2n) is 4.32. The van der Waals surface area contributed by atoms with Crippen molar-refractivity contribution in [3.8, 4) is 0 Å². The Morgan fingerprint density at radius 2 is 2.10 bits per heavy atom. The quantitative estimate of drug-likeness (QED) is 0.800. The van der Waals surface area contributed by atoms with Gasteiger partial charge in [0.1, 0.15) is 10.8 Å². The summed E-state index contributed by atoms with van der Waals surface area (Å²) in [6.45, 7) is 0.687. The first-order valence-electron chi connectivity index (χ1n) is 6.30. The Morgan fingerprint density at radius 3 is 2.75 bits per heavy atom. The number of rotatable bonds is 6. The van der Waals surface area contributed by atoms with Crippen LogP contribution >= 0.6 is 12.2 Å². The summed E-state index contributed by atoms with van der Waals surface area (Å²) in [6.07, 6.45) is 2.52. The molecule has 3 N–H and O–H groups in total. The number of nitrogens with zero attached hydrogens (tertiary/aromatic N) is 1. The van der Waals surface area contributed by atoms with Gasteiger partial charge in [-0.2, -0.15) is 0 Å². The lowest BCUT2D eigenvalue weighted by Gasteiger charge is -2.11. The molecule has 1 heterocycles. The molecule has 0 fully saturated rings. The van der Waals surface area contributed by atoms with Crippen LogP contribution in [0.1, 0.15) is 11.1 Å². The summed E-state index contributed by atoms with van der Waals surface area (Å²) in [5.41, 5.74) is 8.53. The minimum Gasteiger partial charge on any atom is -0.389 e. The molecule has 0 saturated carbocycles. The molecule has 104 valence electrons. The van der Waals surface area contributed by atoms with Crippen LogP contribution in [0.5, 0.6) is 0 Å². The fraction of sp³-hybridized carbons (Fsp3) is 0.200. The second-order valence-corrected chi connectivity index (χ2v) is 4.76. The van der Waals surface area contributed by atoms with Gasteiger partial charge in [-0.25, -0.2) is 4.98 Å². The van der Waals surface area contributed by atoms with Gasteiger partial charge in [0.25, 0.3) is 0 Å². The van der Waals surface area contributed by atoms with Gasteiger partial charge in [0, 0.05) is 24.6 Å². The summed E-state index contributed by atoms with van der Waals surface area (Å²) in [7, 11) is 1.70. The largest absolute Gasteiger partial charge is 0.389 e. The van der Waals surface area contributed by atoms with Gasteiger partial charge >= 0.3 is 0 Å². The van der Waals surface area contributed by atoms with Crippen molar-refractivity contribution in [2.75, 3.05) is 19.0 Å². The Labute approximate surface area is 124 Å². The molecule has 0 aliphatic rings. The van der Waals surface area contributed by atoms with Crippen LogP contribution in [0.4, 0.5) is 11.5 Å². The number of anilines is 2. The van der Waals surface area contributed by atoms with Crippen LogP contribution in [0.2, 0.25) is 0 Å². The molecule has 0 atom stereocenters. The molecule has 4 nitrogen and oxygen atoms in total. The van der Waals surface area contributed by atoms with E-state index >= 15 is 0 Å². The number of benzene rings is 1. The van der Waals surface area contributed by atoms with Crippen molar-refractivity contribution in [1.29, 1.82) is 0 Å². The molecule has 0 aliphatic carbocycles. The Bertz CT molecular complexity index is 584. The molecule has 2 aromatic rings. The lowest BCUT2D eigenvalue weighted by molar-refractivity contribution is 0.202. The highest BCUT2D eigenvalue weighted by molar-refractivity contribution is 7.80. The lowest BCUT2D eigenvalue weighted by atomic mass is 10.1. The fourth-order valence-electron chi connectivity index (χ4n) is 1.82. The molecule has 1 aromatic carbocycles. The van der Waals surface area contributed by atoms with E-state index in [1.54, 1.807) is 13.3 Å². The number of methoxy groups -OCH3 is 1. The molecule has 2 rings (SSSR count). The summed E-state index contributed by atoms with van der Waals surface area (Å²) < 4.78 is 5.12. The van der Waals surface area contributed by atoms with Gasteiger partial charge in [0.2, 0.25) is 0 Å². The maximum absolute atomic E-state index is 5.55. The Kier molecular flexibility index (Phi) is 5.03. The summed E-state index contributed by atoms with van der Waals surface area (Å²) in [5, 5.41) is 3.30. The van der Waals surface area contributed by atoms with E-state index in [-0.39, 0.29) is 0 Å². The van der Waals surface area contributed by atoms with Gasteiger partial charge < -0.3 is 15.8 Å². The van der Waals surface area contributed by atoms with E-state index in [4.69, 9.17) is 22.7 Å². The summed E-state index contributed by atoms with van der Waals surface area (Å²) in [5.74, 6) is 0.759. The zero-order chi connectivity index (χ0) is 14.4. The van der Waals surface area contributed by atoms with Crippen molar-refractivity contribution < 1.29 is 4.74 Å². The molecular formula is C15H17N3OS. The Hall–Kier alpha value is -1.98. The Morgan fingerprint density at radius 1 is 1.30 bits per heavy atom. The number of para-hydroxylation sites is 1. The smallest absolute Gasteiger partial charge is 0.130 e. The first kappa shape index (κ1) is 14.4. The van der Waals surface area contributed by atoms with Crippen molar-refractivity contribution >= 4 is 28.7 Å². The Balaban J connectivity index is 2.14. The number of nitrogens with one attached hydrogen (secondary N) is 1. The number of nitrogens with two attached hydrogens (primary N) is 1. The molecule has 0 saturated heterocycles. The molecular weight excluding hydrogens is 270 g/mol. The highest BCUT2D eigenvalue weighted by atomic mass is 32.1. The number of pyridine rings is 1. The standard InChI is InChI=1S/C15H17N3OS/c1-19-9-8-11-4-2-3-5-13(11)18-14-7-6-12(10-17-14)15(16)20/h2-7,10H,8-9H2,1H3,(H2,16,20)(H,17,18). The van der Waals surface area contributed by atoms with Crippen molar-refractivity contribution in [1.82, 2.24) is 4.98 Å². The lowest BCUT2D eigenvalue weighted by Crippen LogP contribution is -2.09. The molecule has 5 heteroatoms. The molecule has 0 amide bonds. The van der Waals surface area contributed by atoms with Crippen LogP contribution < -0.4 is 11.1 Å². The first-order valence-corrected chi connectivity index (χ1v) is 6.71. The molecule has 0 unspecified atom stereocenters. The molecule has 0 aliphatic heterocycles. The van der Waals surface area contributed by atoms with Gasteiger partial charge in [-0.1, -0.05) is 30.4 Å². The number of hydrogen-bond donors (Lipinski definition) is 2. The van der Waals surface area contributed by atoms with Crippen molar-refractivity contribution in [2.24, 2.45) is 5.73 Å². The summed E-state index contributed by atoms with van der Waals surface area (Å²) in [6, 6.07) is 11.8. The number of hydrogen-bond acceptors (Lipinski definition) is 4. The van der Waals surface area contributed by atoms with Gasteiger partial charge in [0.05, 0.1) is 6.61 Å². The highest BCUT2D eigenvalue weighted by Gasteiger charge is 2.03. The van der Waals surface area contributed by atoms with Gasteiger partial charge in [0.15, 0.2) is 0 Å². The van der Waals surface area contributed by atoms with E-state index in [1.165, 1.54) is 5.56 Å². The fourth-order valence-corrected chi connectivity index (χ4v) is 1.94. The van der Waals surface area contributed by atoms with Gasteiger partial charge in [-0.3, -0.25) is 0 Å². The van der Waals surface area contributed by atoms with E-state index in [9.17, 15) is 0 Å². The second kappa shape index (κ2) is 6.98. The first-order chi connectivity index (χ1) is 9.70. The minimum atomic E-state index is 0.351. The van der Waals surface area contributed by atoms with Crippen molar-refractivity contribution in [2.45, 2.75) is 6.42 Å². The maximum Gasteiger partial charge on any atom is 0.130 e. The molecule has 0 radical (unpaired) electrons. The van der Waals surface area contributed by atoms with Crippen LogP contribution in [-0.2, 0) is 11.2 Å². The zero-order valence-electron chi connectivity index (χ0n) is 11.3. The molecule has 0 spiro atoms.